The van der Waals surface area contributed by atoms with Crippen molar-refractivity contribution in [3.05, 3.63) is 142 Å². The van der Waals surface area contributed by atoms with Crippen LogP contribution in [0.2, 0.25) is 0 Å². The van der Waals surface area contributed by atoms with Crippen molar-refractivity contribution in [1.29, 1.82) is 0 Å². The maximum absolute atomic E-state index is 13.7. The van der Waals surface area contributed by atoms with Gasteiger partial charge in [0.05, 0.1) is 22.3 Å². The summed E-state index contributed by atoms with van der Waals surface area (Å²) in [4.78, 5) is 29.6. The van der Waals surface area contributed by atoms with E-state index in [0.29, 0.717) is 22.3 Å². The van der Waals surface area contributed by atoms with E-state index in [-0.39, 0.29) is 5.56 Å². The van der Waals surface area contributed by atoms with Crippen molar-refractivity contribution in [2.45, 2.75) is 0 Å². The van der Waals surface area contributed by atoms with Gasteiger partial charge in [-0.1, -0.05) is 72.8 Å². The molecule has 0 fully saturated rings. The van der Waals surface area contributed by atoms with Crippen molar-refractivity contribution >= 4 is 22.2 Å². The minimum atomic E-state index is -0.393. The highest BCUT2D eigenvalue weighted by Gasteiger charge is 2.17. The number of hydrogen-bond acceptors (Lipinski definition) is 3. The van der Waals surface area contributed by atoms with Gasteiger partial charge in [0.25, 0.3) is 5.56 Å². The van der Waals surface area contributed by atoms with Gasteiger partial charge in [-0.25, -0.2) is 9.36 Å². The molecule has 4 aromatic carbocycles. The van der Waals surface area contributed by atoms with Crippen LogP contribution in [0.1, 0.15) is 0 Å². The third-order valence-corrected chi connectivity index (χ3v) is 7.21. The highest BCUT2D eigenvalue weighted by atomic mass is 32.1. The van der Waals surface area contributed by atoms with Crippen molar-refractivity contribution < 1.29 is 0 Å². The maximum atomic E-state index is 13.7. The van der Waals surface area contributed by atoms with E-state index >= 15 is 0 Å². The number of hydrogen-bond donors (Lipinski definition) is 0. The van der Waals surface area contributed by atoms with E-state index in [0.717, 1.165) is 20.9 Å². The summed E-state index contributed by atoms with van der Waals surface area (Å²) in [5.41, 5.74) is 3.22. The molecule has 168 valence electrons. The van der Waals surface area contributed by atoms with Gasteiger partial charge in [0.2, 0.25) is 0 Å². The summed E-state index contributed by atoms with van der Waals surface area (Å²) in [5, 5.41) is 0.490. The molecule has 4 nitrogen and oxygen atoms in total. The Hall–Kier alpha value is -4.48. The van der Waals surface area contributed by atoms with Crippen LogP contribution >= 0.6 is 11.3 Å². The molecule has 0 amide bonds. The van der Waals surface area contributed by atoms with Gasteiger partial charge in [0.15, 0.2) is 0 Å². The Morgan fingerprint density at radius 1 is 0.514 bits per heavy atom. The summed E-state index contributed by atoms with van der Waals surface area (Å²) >= 11 is 1.68. The Balaban J connectivity index is 1.60. The highest BCUT2D eigenvalue weighted by molar-refractivity contribution is 7.18. The number of para-hydroxylation sites is 2. The number of aromatic nitrogens is 2. The van der Waals surface area contributed by atoms with Crippen molar-refractivity contribution in [3.8, 4) is 32.3 Å². The summed E-state index contributed by atoms with van der Waals surface area (Å²) in [6.45, 7) is 0. The molecular weight excluding hydrogens is 452 g/mol. The predicted molar refractivity (Wildman–Crippen MR) is 144 cm³/mol. The second kappa shape index (κ2) is 8.70. The van der Waals surface area contributed by atoms with Crippen LogP contribution < -0.4 is 11.2 Å². The average molecular weight is 473 g/mol. The number of nitrogens with zero attached hydrogens (tertiary/aromatic N) is 2. The van der Waals surface area contributed by atoms with E-state index in [1.807, 2.05) is 84.9 Å². The van der Waals surface area contributed by atoms with Crippen LogP contribution in [0.3, 0.4) is 0 Å². The molecule has 6 aromatic rings. The van der Waals surface area contributed by atoms with Gasteiger partial charge in [0, 0.05) is 9.75 Å². The van der Waals surface area contributed by atoms with Crippen molar-refractivity contribution in [2.75, 3.05) is 0 Å². The van der Waals surface area contributed by atoms with E-state index in [1.54, 1.807) is 28.0 Å². The molecular formula is C30H20N2O2S. The summed E-state index contributed by atoms with van der Waals surface area (Å²) in [7, 11) is 0. The lowest BCUT2D eigenvalue weighted by Gasteiger charge is -2.15. The highest BCUT2D eigenvalue weighted by Crippen LogP contribution is 2.35. The van der Waals surface area contributed by atoms with Gasteiger partial charge in [-0.2, -0.15) is 0 Å². The van der Waals surface area contributed by atoms with E-state index in [9.17, 15) is 9.59 Å². The predicted octanol–water partition coefficient (Wildman–Crippen LogP) is 6.54. The minimum absolute atomic E-state index is 0.329. The lowest BCUT2D eigenvalue weighted by atomic mass is 10.1. The van der Waals surface area contributed by atoms with Crippen LogP contribution in [-0.4, -0.2) is 9.13 Å². The van der Waals surface area contributed by atoms with Gasteiger partial charge in [-0.05, 0) is 59.7 Å². The fourth-order valence-corrected chi connectivity index (χ4v) is 5.36. The summed E-state index contributed by atoms with van der Waals surface area (Å²) in [6, 6.07) is 38.7. The van der Waals surface area contributed by atoms with Crippen molar-refractivity contribution in [1.82, 2.24) is 9.13 Å². The average Bonchev–Trinajstić information content (AvgIpc) is 3.41. The molecule has 0 unspecified atom stereocenters. The summed E-state index contributed by atoms with van der Waals surface area (Å²) in [5.74, 6) is 0. The van der Waals surface area contributed by atoms with Gasteiger partial charge >= 0.3 is 5.69 Å². The van der Waals surface area contributed by atoms with E-state index < -0.39 is 5.69 Å². The lowest BCUT2D eigenvalue weighted by molar-refractivity contribution is 0.835. The van der Waals surface area contributed by atoms with Crippen molar-refractivity contribution in [3.63, 3.8) is 0 Å². The van der Waals surface area contributed by atoms with Gasteiger partial charge < -0.3 is 0 Å². The number of fused-ring (bicyclic) bond motifs is 1. The monoisotopic (exact) mass is 472 g/mol. The molecule has 0 N–H and O–H groups in total. The third-order valence-electron chi connectivity index (χ3n) is 6.03. The first-order valence-corrected chi connectivity index (χ1v) is 12.1. The van der Waals surface area contributed by atoms with E-state index in [2.05, 4.69) is 24.3 Å². The molecule has 2 aromatic heterocycles. The second-order valence-corrected chi connectivity index (χ2v) is 9.28. The minimum Gasteiger partial charge on any atom is -0.268 e. The summed E-state index contributed by atoms with van der Waals surface area (Å²) < 4.78 is 2.86. The Morgan fingerprint density at radius 2 is 1.06 bits per heavy atom. The molecule has 2 heterocycles. The Morgan fingerprint density at radius 3 is 1.69 bits per heavy atom. The molecule has 0 saturated heterocycles. The molecule has 0 aliphatic heterocycles. The zero-order chi connectivity index (χ0) is 23.8. The molecule has 0 spiro atoms. The summed E-state index contributed by atoms with van der Waals surface area (Å²) in [6.07, 6.45) is 0. The van der Waals surface area contributed by atoms with Gasteiger partial charge in [0.1, 0.15) is 0 Å². The molecule has 0 radical (unpaired) electrons. The molecule has 35 heavy (non-hydrogen) atoms. The molecule has 0 saturated carbocycles. The normalized spacial score (nSPS) is 11.1. The van der Waals surface area contributed by atoms with E-state index in [4.69, 9.17) is 0 Å². The molecule has 0 aliphatic rings. The molecule has 5 heteroatoms. The SMILES string of the molecule is O=c1c2cc(-c3ccc(-c4ccccc4)s3)ccc2n(-c2ccccc2)c(=O)n1-c1ccccc1. The quantitative estimate of drug-likeness (QED) is 0.293. The van der Waals surface area contributed by atoms with Crippen LogP contribution in [0, 0.1) is 0 Å². The number of thiophene rings is 1. The van der Waals surface area contributed by atoms with Crippen LogP contribution in [-0.2, 0) is 0 Å². The zero-order valence-electron chi connectivity index (χ0n) is 18.7. The number of rotatable bonds is 4. The molecule has 0 aliphatic carbocycles. The Kier molecular flexibility index (Phi) is 5.24. The third kappa shape index (κ3) is 3.72. The Labute approximate surface area is 205 Å². The Bertz CT molecular complexity index is 1770. The molecule has 6 rings (SSSR count). The standard InChI is InChI=1S/C30H20N2O2S/c33-29-25-20-22(28-19-18-27(35-28)21-10-4-1-5-11-21)16-17-26(25)31(23-12-6-2-7-13-23)30(34)32(29)24-14-8-3-9-15-24/h1-20H. The van der Waals surface area contributed by atoms with Gasteiger partial charge in [-0.15, -0.1) is 11.3 Å². The topological polar surface area (TPSA) is 44.0 Å². The second-order valence-electron chi connectivity index (χ2n) is 8.19. The molecule has 0 atom stereocenters. The smallest absolute Gasteiger partial charge is 0.268 e. The fraction of sp³-hybridized carbons (Fsp3) is 0. The first kappa shape index (κ1) is 21.1. The zero-order valence-corrected chi connectivity index (χ0v) is 19.5. The van der Waals surface area contributed by atoms with E-state index in [1.165, 1.54) is 4.57 Å². The fourth-order valence-electron chi connectivity index (χ4n) is 4.35. The first-order valence-electron chi connectivity index (χ1n) is 11.3. The van der Waals surface area contributed by atoms with Crippen LogP contribution in [0.15, 0.2) is 131 Å². The lowest BCUT2D eigenvalue weighted by Crippen LogP contribution is -2.38. The van der Waals surface area contributed by atoms with Crippen LogP contribution in [0.25, 0.3) is 43.2 Å². The largest absolute Gasteiger partial charge is 0.340 e. The maximum Gasteiger partial charge on any atom is 0.340 e. The molecule has 0 bridgehead atoms. The first-order chi connectivity index (χ1) is 17.2. The van der Waals surface area contributed by atoms with Gasteiger partial charge in [-0.3, -0.25) is 9.36 Å². The van der Waals surface area contributed by atoms with Crippen molar-refractivity contribution in [2.24, 2.45) is 0 Å². The van der Waals surface area contributed by atoms with Crippen LogP contribution in [0.4, 0.5) is 0 Å². The number of benzene rings is 4. The van der Waals surface area contributed by atoms with Crippen LogP contribution in [0.5, 0.6) is 0 Å².